The maximum Gasteiger partial charge on any atom is 0.0647 e. The average molecular weight is 250 g/mol. The number of aromatic nitrogens is 1. The number of aromatic amines is 1. The minimum Gasteiger partial charge on any atom is -0.360 e. The average Bonchev–Trinajstić information content (AvgIpc) is 2.76. The first kappa shape index (κ1) is 11.1. The second-order valence-electron chi connectivity index (χ2n) is 4.54. The third kappa shape index (κ3) is 2.18. The number of fused-ring (bicyclic) bond motifs is 1. The van der Waals surface area contributed by atoms with Gasteiger partial charge in [0.15, 0.2) is 0 Å². The molecule has 0 amide bonds. The van der Waals surface area contributed by atoms with Gasteiger partial charge in [-0.25, -0.2) is 0 Å². The molecule has 90 valence electrons. The Bertz CT molecular complexity index is 514. The van der Waals surface area contributed by atoms with Gasteiger partial charge in [0.05, 0.1) is 10.5 Å². The second kappa shape index (κ2) is 4.69. The molecule has 2 aromatic rings. The molecule has 0 aliphatic carbocycles. The summed E-state index contributed by atoms with van der Waals surface area (Å²) in [4.78, 5) is 3.27. The van der Waals surface area contributed by atoms with E-state index in [-0.39, 0.29) is 0 Å². The Morgan fingerprint density at radius 3 is 3.06 bits per heavy atom. The van der Waals surface area contributed by atoms with Crippen LogP contribution in [0, 0.1) is 0 Å². The Morgan fingerprint density at radius 2 is 2.24 bits per heavy atom. The number of piperazine rings is 1. The number of rotatable bonds is 2. The first-order valence-corrected chi connectivity index (χ1v) is 6.41. The van der Waals surface area contributed by atoms with E-state index in [1.165, 1.54) is 10.9 Å². The van der Waals surface area contributed by atoms with Crippen molar-refractivity contribution in [1.29, 1.82) is 0 Å². The molecule has 3 nitrogen and oxygen atoms in total. The highest BCUT2D eigenvalue weighted by Crippen LogP contribution is 2.25. The number of halogens is 1. The largest absolute Gasteiger partial charge is 0.360 e. The normalized spacial score (nSPS) is 20.9. The Kier molecular flexibility index (Phi) is 3.05. The molecule has 0 saturated carbocycles. The molecular weight excluding hydrogens is 234 g/mol. The van der Waals surface area contributed by atoms with Crippen LogP contribution in [0.5, 0.6) is 0 Å². The predicted octanol–water partition coefficient (Wildman–Crippen LogP) is 1.93. The molecule has 0 radical (unpaired) electrons. The number of H-pyrrole nitrogens is 1. The van der Waals surface area contributed by atoms with E-state index in [4.69, 9.17) is 11.6 Å². The second-order valence-corrected chi connectivity index (χ2v) is 4.94. The Hall–Kier alpha value is -1.03. The number of para-hydroxylation sites is 1. The molecule has 1 atom stereocenters. The molecule has 4 heteroatoms. The van der Waals surface area contributed by atoms with E-state index in [2.05, 4.69) is 27.9 Å². The van der Waals surface area contributed by atoms with Crippen LogP contribution in [0.1, 0.15) is 5.56 Å². The number of hydrogen-bond donors (Lipinski definition) is 3. The topological polar surface area (TPSA) is 39.8 Å². The summed E-state index contributed by atoms with van der Waals surface area (Å²) in [5, 5.41) is 8.97. The van der Waals surface area contributed by atoms with Gasteiger partial charge in [0.1, 0.15) is 0 Å². The maximum absolute atomic E-state index is 6.15. The van der Waals surface area contributed by atoms with Gasteiger partial charge in [-0.05, 0) is 18.1 Å². The van der Waals surface area contributed by atoms with Crippen molar-refractivity contribution in [2.75, 3.05) is 19.6 Å². The fraction of sp³-hybridized carbons (Fsp3) is 0.385. The van der Waals surface area contributed by atoms with E-state index in [1.54, 1.807) is 0 Å². The summed E-state index contributed by atoms with van der Waals surface area (Å²) in [6.07, 6.45) is 3.11. The third-order valence-corrected chi connectivity index (χ3v) is 3.66. The highest BCUT2D eigenvalue weighted by atomic mass is 35.5. The summed E-state index contributed by atoms with van der Waals surface area (Å²) in [6, 6.07) is 6.57. The van der Waals surface area contributed by atoms with Crippen LogP contribution < -0.4 is 10.6 Å². The van der Waals surface area contributed by atoms with Gasteiger partial charge in [-0.1, -0.05) is 23.7 Å². The lowest BCUT2D eigenvalue weighted by atomic mass is 10.0. The van der Waals surface area contributed by atoms with Crippen LogP contribution in [0.3, 0.4) is 0 Å². The monoisotopic (exact) mass is 249 g/mol. The van der Waals surface area contributed by atoms with Crippen LogP contribution in [0.25, 0.3) is 10.9 Å². The van der Waals surface area contributed by atoms with E-state index in [0.29, 0.717) is 6.04 Å². The van der Waals surface area contributed by atoms with Crippen molar-refractivity contribution in [3.63, 3.8) is 0 Å². The van der Waals surface area contributed by atoms with Crippen molar-refractivity contribution >= 4 is 22.5 Å². The zero-order chi connectivity index (χ0) is 11.7. The van der Waals surface area contributed by atoms with Crippen LogP contribution in [-0.4, -0.2) is 30.7 Å². The van der Waals surface area contributed by atoms with Gasteiger partial charge in [-0.15, -0.1) is 0 Å². The minimum absolute atomic E-state index is 0.515. The molecule has 1 fully saturated rings. The predicted molar refractivity (Wildman–Crippen MR) is 71.7 cm³/mol. The Morgan fingerprint density at radius 1 is 1.29 bits per heavy atom. The van der Waals surface area contributed by atoms with Gasteiger partial charge < -0.3 is 15.6 Å². The van der Waals surface area contributed by atoms with Gasteiger partial charge >= 0.3 is 0 Å². The van der Waals surface area contributed by atoms with Gasteiger partial charge in [0.25, 0.3) is 0 Å². The molecule has 0 spiro atoms. The lowest BCUT2D eigenvalue weighted by molar-refractivity contribution is 0.417. The van der Waals surface area contributed by atoms with Crippen LogP contribution >= 0.6 is 11.6 Å². The van der Waals surface area contributed by atoms with E-state index >= 15 is 0 Å². The zero-order valence-electron chi connectivity index (χ0n) is 9.59. The van der Waals surface area contributed by atoms with Crippen LogP contribution in [0.2, 0.25) is 5.02 Å². The quantitative estimate of drug-likeness (QED) is 0.761. The molecule has 3 rings (SSSR count). The number of benzene rings is 1. The molecule has 3 N–H and O–H groups in total. The van der Waals surface area contributed by atoms with Crippen LogP contribution in [-0.2, 0) is 6.42 Å². The summed E-state index contributed by atoms with van der Waals surface area (Å²) < 4.78 is 0. The van der Waals surface area contributed by atoms with Gasteiger partial charge in [-0.2, -0.15) is 0 Å². The highest BCUT2D eigenvalue weighted by Gasteiger charge is 2.15. The first-order valence-electron chi connectivity index (χ1n) is 6.03. The van der Waals surface area contributed by atoms with Crippen molar-refractivity contribution in [2.24, 2.45) is 0 Å². The SMILES string of the molecule is Clc1cccc2c(CC3CNCCN3)c[nH]c12. The molecule has 2 heterocycles. The zero-order valence-corrected chi connectivity index (χ0v) is 10.3. The van der Waals surface area contributed by atoms with Crippen molar-refractivity contribution < 1.29 is 0 Å². The smallest absolute Gasteiger partial charge is 0.0647 e. The summed E-state index contributed by atoms with van der Waals surface area (Å²) in [5.41, 5.74) is 2.39. The highest BCUT2D eigenvalue weighted by molar-refractivity contribution is 6.35. The molecule has 1 aromatic carbocycles. The van der Waals surface area contributed by atoms with Gasteiger partial charge in [0.2, 0.25) is 0 Å². The number of nitrogens with one attached hydrogen (secondary N) is 3. The van der Waals surface area contributed by atoms with Crippen molar-refractivity contribution in [2.45, 2.75) is 12.5 Å². The lowest BCUT2D eigenvalue weighted by Crippen LogP contribution is -2.49. The fourth-order valence-corrected chi connectivity index (χ4v) is 2.70. The van der Waals surface area contributed by atoms with Crippen molar-refractivity contribution in [1.82, 2.24) is 15.6 Å². The van der Waals surface area contributed by atoms with Gasteiger partial charge in [-0.3, -0.25) is 0 Å². The summed E-state index contributed by atoms with van der Waals surface area (Å²) in [7, 11) is 0. The van der Waals surface area contributed by atoms with Crippen LogP contribution in [0.15, 0.2) is 24.4 Å². The minimum atomic E-state index is 0.515. The number of hydrogen-bond acceptors (Lipinski definition) is 2. The molecule has 1 unspecified atom stereocenters. The summed E-state index contributed by atoms with van der Waals surface area (Å²) >= 11 is 6.15. The molecule has 0 bridgehead atoms. The summed E-state index contributed by atoms with van der Waals surface area (Å²) in [6.45, 7) is 3.15. The Balaban J connectivity index is 1.87. The lowest BCUT2D eigenvalue weighted by Gasteiger charge is -2.24. The molecule has 1 aromatic heterocycles. The van der Waals surface area contributed by atoms with Crippen molar-refractivity contribution in [3.8, 4) is 0 Å². The molecule has 1 saturated heterocycles. The first-order chi connectivity index (χ1) is 8.34. The summed E-state index contributed by atoms with van der Waals surface area (Å²) in [5.74, 6) is 0. The van der Waals surface area contributed by atoms with E-state index in [0.717, 1.165) is 36.6 Å². The van der Waals surface area contributed by atoms with E-state index < -0.39 is 0 Å². The molecule has 1 aliphatic rings. The standard InChI is InChI=1S/C13H16ClN3/c14-12-3-1-2-11-9(7-17-13(11)12)6-10-8-15-4-5-16-10/h1-3,7,10,15-17H,4-6,8H2. The maximum atomic E-state index is 6.15. The molecule has 1 aliphatic heterocycles. The van der Waals surface area contributed by atoms with Gasteiger partial charge in [0, 0.05) is 37.3 Å². The Labute approximate surface area is 106 Å². The third-order valence-electron chi connectivity index (χ3n) is 3.34. The van der Waals surface area contributed by atoms with Crippen LogP contribution in [0.4, 0.5) is 0 Å². The molecule has 17 heavy (non-hydrogen) atoms. The van der Waals surface area contributed by atoms with E-state index in [9.17, 15) is 0 Å². The molecular formula is C13H16ClN3. The van der Waals surface area contributed by atoms with Crippen molar-refractivity contribution in [3.05, 3.63) is 35.0 Å². The fourth-order valence-electron chi connectivity index (χ4n) is 2.47. The van der Waals surface area contributed by atoms with E-state index in [1.807, 2.05) is 12.1 Å².